The van der Waals surface area contributed by atoms with E-state index in [9.17, 15) is 4.79 Å². The summed E-state index contributed by atoms with van der Waals surface area (Å²) >= 11 is 0. The van der Waals surface area contributed by atoms with Crippen molar-refractivity contribution < 1.29 is 9.90 Å². The summed E-state index contributed by atoms with van der Waals surface area (Å²) in [5.74, 6) is 0.665. The second-order valence-corrected chi connectivity index (χ2v) is 5.00. The highest BCUT2D eigenvalue weighted by Crippen LogP contribution is 2.14. The van der Waals surface area contributed by atoms with Gasteiger partial charge in [0, 0.05) is 19.0 Å². The third-order valence-corrected chi connectivity index (χ3v) is 3.55. The van der Waals surface area contributed by atoms with Crippen LogP contribution in [0.5, 0.6) is 0 Å². The van der Waals surface area contributed by atoms with Crippen molar-refractivity contribution in [1.82, 2.24) is 4.90 Å². The molecule has 108 valence electrons. The van der Waals surface area contributed by atoms with Gasteiger partial charge in [-0.05, 0) is 38.1 Å². The Labute approximate surface area is 112 Å². The van der Waals surface area contributed by atoms with Gasteiger partial charge in [0.2, 0.25) is 5.91 Å². The molecule has 0 fully saturated rings. The van der Waals surface area contributed by atoms with Crippen LogP contribution in [0, 0.1) is 5.92 Å². The van der Waals surface area contributed by atoms with Crippen LogP contribution in [-0.4, -0.2) is 41.7 Å². The van der Waals surface area contributed by atoms with Crippen LogP contribution in [0.3, 0.4) is 0 Å². The van der Waals surface area contributed by atoms with E-state index in [1.165, 1.54) is 0 Å². The molecule has 0 rings (SSSR count). The summed E-state index contributed by atoms with van der Waals surface area (Å²) in [5, 5.41) is 9.08. The molecule has 1 unspecified atom stereocenters. The van der Waals surface area contributed by atoms with Crippen molar-refractivity contribution in [2.75, 3.05) is 19.7 Å². The zero-order valence-corrected chi connectivity index (χ0v) is 12.2. The van der Waals surface area contributed by atoms with Crippen LogP contribution >= 0.6 is 0 Å². The van der Waals surface area contributed by atoms with E-state index in [2.05, 4.69) is 20.8 Å². The molecular weight excluding hydrogens is 228 g/mol. The predicted octanol–water partition coefficient (Wildman–Crippen LogP) is 1.76. The average molecular weight is 258 g/mol. The first-order valence-corrected chi connectivity index (χ1v) is 7.20. The number of nitrogens with two attached hydrogens (primary N) is 1. The van der Waals surface area contributed by atoms with Crippen LogP contribution < -0.4 is 5.73 Å². The molecule has 0 saturated heterocycles. The molecule has 0 spiro atoms. The van der Waals surface area contributed by atoms with Crippen LogP contribution in [0.2, 0.25) is 0 Å². The minimum Gasteiger partial charge on any atom is -0.395 e. The van der Waals surface area contributed by atoms with Crippen molar-refractivity contribution in [1.29, 1.82) is 0 Å². The number of rotatable bonds is 10. The molecule has 1 amide bonds. The molecule has 0 heterocycles. The largest absolute Gasteiger partial charge is 0.395 e. The number of hydrogen-bond acceptors (Lipinski definition) is 3. The van der Waals surface area contributed by atoms with Gasteiger partial charge in [0.15, 0.2) is 0 Å². The van der Waals surface area contributed by atoms with Crippen LogP contribution in [0.15, 0.2) is 0 Å². The molecule has 18 heavy (non-hydrogen) atoms. The highest BCUT2D eigenvalue weighted by molar-refractivity contribution is 5.76. The Bertz CT molecular complexity index is 218. The van der Waals surface area contributed by atoms with E-state index < -0.39 is 0 Å². The lowest BCUT2D eigenvalue weighted by molar-refractivity contribution is -0.134. The fourth-order valence-corrected chi connectivity index (χ4v) is 2.29. The number of hydrogen-bond donors (Lipinski definition) is 2. The summed E-state index contributed by atoms with van der Waals surface area (Å²) in [6, 6.07) is 0.259. The van der Waals surface area contributed by atoms with E-state index in [0.29, 0.717) is 25.4 Å². The Morgan fingerprint density at radius 2 is 1.89 bits per heavy atom. The molecular formula is C14H30N2O2. The third-order valence-electron chi connectivity index (χ3n) is 3.55. The number of aliphatic hydroxyl groups is 1. The molecule has 4 nitrogen and oxygen atoms in total. The topological polar surface area (TPSA) is 66.6 Å². The maximum Gasteiger partial charge on any atom is 0.222 e. The van der Waals surface area contributed by atoms with E-state index in [1.807, 2.05) is 4.90 Å². The lowest BCUT2D eigenvalue weighted by Crippen LogP contribution is -2.41. The molecule has 0 aromatic heterocycles. The molecule has 0 aliphatic rings. The van der Waals surface area contributed by atoms with Gasteiger partial charge in [-0.3, -0.25) is 4.79 Å². The summed E-state index contributed by atoms with van der Waals surface area (Å²) in [4.78, 5) is 14.0. The van der Waals surface area contributed by atoms with Gasteiger partial charge >= 0.3 is 0 Å². The Morgan fingerprint density at radius 3 is 2.33 bits per heavy atom. The van der Waals surface area contributed by atoms with Gasteiger partial charge in [0.1, 0.15) is 0 Å². The number of carbonyl (C=O) groups excluding carboxylic acids is 1. The second-order valence-electron chi connectivity index (χ2n) is 5.00. The second kappa shape index (κ2) is 10.3. The van der Waals surface area contributed by atoms with Crippen molar-refractivity contribution in [3.63, 3.8) is 0 Å². The van der Waals surface area contributed by atoms with E-state index in [4.69, 9.17) is 10.8 Å². The summed E-state index contributed by atoms with van der Waals surface area (Å²) in [6.07, 6.45) is 4.31. The van der Waals surface area contributed by atoms with Crippen molar-refractivity contribution in [2.24, 2.45) is 11.7 Å². The lowest BCUT2D eigenvalue weighted by Gasteiger charge is -2.30. The Balaban J connectivity index is 4.29. The molecule has 0 aliphatic heterocycles. The van der Waals surface area contributed by atoms with Gasteiger partial charge in [0.25, 0.3) is 0 Å². The van der Waals surface area contributed by atoms with Crippen molar-refractivity contribution in [2.45, 2.75) is 58.9 Å². The van der Waals surface area contributed by atoms with E-state index in [1.54, 1.807) is 0 Å². The van der Waals surface area contributed by atoms with Gasteiger partial charge in [0.05, 0.1) is 6.61 Å². The number of amides is 1. The maximum atomic E-state index is 12.2. The van der Waals surface area contributed by atoms with Crippen LogP contribution in [0.25, 0.3) is 0 Å². The fourth-order valence-electron chi connectivity index (χ4n) is 2.29. The predicted molar refractivity (Wildman–Crippen MR) is 75.2 cm³/mol. The van der Waals surface area contributed by atoms with Gasteiger partial charge in [-0.15, -0.1) is 0 Å². The van der Waals surface area contributed by atoms with Crippen molar-refractivity contribution in [3.8, 4) is 0 Å². The van der Waals surface area contributed by atoms with Crippen LogP contribution in [-0.2, 0) is 4.79 Å². The molecule has 0 aliphatic carbocycles. The van der Waals surface area contributed by atoms with Gasteiger partial charge in [-0.2, -0.15) is 0 Å². The van der Waals surface area contributed by atoms with Crippen LogP contribution in [0.4, 0.5) is 0 Å². The molecule has 1 atom stereocenters. The molecule has 3 N–H and O–H groups in total. The first kappa shape index (κ1) is 17.4. The van der Waals surface area contributed by atoms with Crippen LogP contribution in [0.1, 0.15) is 52.9 Å². The third kappa shape index (κ3) is 6.36. The van der Waals surface area contributed by atoms with E-state index in [0.717, 1.165) is 25.7 Å². The minimum absolute atomic E-state index is 0.0423. The fraction of sp³-hybridized carbons (Fsp3) is 0.929. The molecule has 0 saturated carbocycles. The van der Waals surface area contributed by atoms with Gasteiger partial charge in [-0.1, -0.05) is 20.8 Å². The smallest absolute Gasteiger partial charge is 0.222 e. The summed E-state index contributed by atoms with van der Waals surface area (Å²) < 4.78 is 0. The molecule has 0 bridgehead atoms. The minimum atomic E-state index is 0.0423. The zero-order chi connectivity index (χ0) is 14.0. The summed E-state index contributed by atoms with van der Waals surface area (Å²) in [5.41, 5.74) is 5.51. The molecule has 0 radical (unpaired) electrons. The average Bonchev–Trinajstić information content (AvgIpc) is 2.36. The van der Waals surface area contributed by atoms with Gasteiger partial charge in [-0.25, -0.2) is 0 Å². The number of carbonyl (C=O) groups is 1. The quantitative estimate of drug-likeness (QED) is 0.627. The molecule has 0 aromatic carbocycles. The Hall–Kier alpha value is -0.610. The standard InChI is InChI=1S/C14H30N2O2/c1-4-13(5-2)16(10-11-17)14(18)7-6-12(3)8-9-15/h12-13,17H,4-11,15H2,1-3H3. The first-order chi connectivity index (χ1) is 8.60. The monoisotopic (exact) mass is 258 g/mol. The Kier molecular flexibility index (Phi) is 9.98. The SMILES string of the molecule is CCC(CC)N(CCO)C(=O)CCC(C)CCN. The lowest BCUT2D eigenvalue weighted by atomic mass is 10.0. The highest BCUT2D eigenvalue weighted by Gasteiger charge is 2.20. The zero-order valence-electron chi connectivity index (χ0n) is 12.2. The summed E-state index contributed by atoms with van der Waals surface area (Å²) in [7, 11) is 0. The highest BCUT2D eigenvalue weighted by atomic mass is 16.3. The normalized spacial score (nSPS) is 12.8. The number of nitrogens with zero attached hydrogens (tertiary/aromatic N) is 1. The van der Waals surface area contributed by atoms with Crippen molar-refractivity contribution in [3.05, 3.63) is 0 Å². The summed E-state index contributed by atoms with van der Waals surface area (Å²) in [6.45, 7) is 7.48. The first-order valence-electron chi connectivity index (χ1n) is 7.20. The van der Waals surface area contributed by atoms with Gasteiger partial charge < -0.3 is 15.7 Å². The maximum absolute atomic E-state index is 12.2. The van der Waals surface area contributed by atoms with Crippen molar-refractivity contribution >= 4 is 5.91 Å². The molecule has 0 aromatic rings. The Morgan fingerprint density at radius 1 is 1.28 bits per heavy atom. The number of aliphatic hydroxyl groups excluding tert-OH is 1. The van der Waals surface area contributed by atoms with E-state index in [-0.39, 0.29) is 18.6 Å². The van der Waals surface area contributed by atoms with E-state index >= 15 is 0 Å². The molecule has 4 heteroatoms.